The van der Waals surface area contributed by atoms with Crippen molar-refractivity contribution in [2.24, 2.45) is 5.92 Å². The number of carbonyl (C=O) groups is 1. The average Bonchev–Trinajstić information content (AvgIpc) is 2.89. The van der Waals surface area contributed by atoms with Gasteiger partial charge in [0.2, 0.25) is 5.91 Å². The number of benzene rings is 2. The van der Waals surface area contributed by atoms with Crippen molar-refractivity contribution in [1.82, 2.24) is 0 Å². The van der Waals surface area contributed by atoms with E-state index in [4.69, 9.17) is 0 Å². The van der Waals surface area contributed by atoms with Gasteiger partial charge >= 0.3 is 0 Å². The van der Waals surface area contributed by atoms with E-state index in [-0.39, 0.29) is 10.8 Å². The molecule has 1 saturated heterocycles. The molecule has 0 saturated carbocycles. The summed E-state index contributed by atoms with van der Waals surface area (Å²) in [6.07, 6.45) is 2.36. The topological polar surface area (TPSA) is 69.7 Å². The molecule has 2 aliphatic rings. The second kappa shape index (κ2) is 7.30. The molecule has 0 radical (unpaired) electrons. The van der Waals surface area contributed by atoms with E-state index in [0.29, 0.717) is 5.69 Å². The molecule has 4 rings (SSSR count). The van der Waals surface area contributed by atoms with Crippen LogP contribution in [0.4, 0.5) is 17.1 Å². The Bertz CT molecular complexity index is 1070. The average molecular weight is 428 g/mol. The summed E-state index contributed by atoms with van der Waals surface area (Å²) in [5.74, 6) is 0.724. The van der Waals surface area contributed by atoms with Crippen molar-refractivity contribution in [1.29, 1.82) is 0 Å². The maximum Gasteiger partial charge on any atom is 0.261 e. The van der Waals surface area contributed by atoms with Crippen molar-refractivity contribution < 1.29 is 13.2 Å². The molecule has 1 fully saturated rings. The smallest absolute Gasteiger partial charge is 0.261 e. The summed E-state index contributed by atoms with van der Waals surface area (Å²) in [7, 11) is -2.04. The molecule has 7 heteroatoms. The Hall–Kier alpha value is -2.54. The predicted molar refractivity (Wildman–Crippen MR) is 121 cm³/mol. The zero-order valence-electron chi connectivity index (χ0n) is 18.0. The summed E-state index contributed by atoms with van der Waals surface area (Å²) in [6, 6.07) is 12.4. The standard InChI is InChI=1S/C23H29N3O3S/c1-16-11-13-26(14-12-16)18-7-5-17(6-8-18)24-30(28,29)19-9-10-21-20(15-19)23(2,3)22(27)25(21)4/h5-10,15-16,24H,11-14H2,1-4H3. The molecule has 30 heavy (non-hydrogen) atoms. The summed E-state index contributed by atoms with van der Waals surface area (Å²) in [5, 5.41) is 0. The normalized spacial score (nSPS) is 19.1. The van der Waals surface area contributed by atoms with Gasteiger partial charge in [0, 0.05) is 37.2 Å². The fourth-order valence-corrected chi connectivity index (χ4v) is 5.42. The van der Waals surface area contributed by atoms with E-state index in [1.807, 2.05) is 26.0 Å². The highest BCUT2D eigenvalue weighted by molar-refractivity contribution is 7.92. The fourth-order valence-electron chi connectivity index (χ4n) is 4.34. The lowest BCUT2D eigenvalue weighted by Gasteiger charge is -2.32. The number of piperidine rings is 1. The molecule has 1 N–H and O–H groups in total. The second-order valence-electron chi connectivity index (χ2n) is 8.99. The number of hydrogen-bond acceptors (Lipinski definition) is 4. The van der Waals surface area contributed by atoms with Gasteiger partial charge in [0.1, 0.15) is 0 Å². The number of hydrogen-bond donors (Lipinski definition) is 1. The van der Waals surface area contributed by atoms with Crippen LogP contribution in [-0.4, -0.2) is 34.5 Å². The maximum absolute atomic E-state index is 13.0. The molecule has 1 amide bonds. The third-order valence-electron chi connectivity index (χ3n) is 6.42. The first kappa shape index (κ1) is 20.7. The number of carbonyl (C=O) groups excluding carboxylic acids is 1. The number of nitrogens with zero attached hydrogens (tertiary/aromatic N) is 2. The Morgan fingerprint density at radius 3 is 2.30 bits per heavy atom. The van der Waals surface area contributed by atoms with Crippen LogP contribution in [0.2, 0.25) is 0 Å². The molecule has 0 bridgehead atoms. The number of sulfonamides is 1. The summed E-state index contributed by atoms with van der Waals surface area (Å²) in [6.45, 7) is 7.99. The van der Waals surface area contributed by atoms with Gasteiger partial charge in [-0.2, -0.15) is 0 Å². The van der Waals surface area contributed by atoms with Crippen molar-refractivity contribution in [2.75, 3.05) is 34.7 Å². The molecule has 0 unspecified atom stereocenters. The quantitative estimate of drug-likeness (QED) is 0.801. The van der Waals surface area contributed by atoms with Crippen molar-refractivity contribution in [3.8, 4) is 0 Å². The molecule has 0 atom stereocenters. The van der Waals surface area contributed by atoms with Gasteiger partial charge in [0.05, 0.1) is 10.3 Å². The Morgan fingerprint density at radius 2 is 1.67 bits per heavy atom. The highest BCUT2D eigenvalue weighted by atomic mass is 32.2. The van der Waals surface area contributed by atoms with Crippen LogP contribution in [0.15, 0.2) is 47.4 Å². The van der Waals surface area contributed by atoms with Gasteiger partial charge in [-0.25, -0.2) is 8.42 Å². The highest BCUT2D eigenvalue weighted by Crippen LogP contribution is 2.41. The summed E-state index contributed by atoms with van der Waals surface area (Å²) >= 11 is 0. The van der Waals surface area contributed by atoms with Crippen molar-refractivity contribution in [3.63, 3.8) is 0 Å². The summed E-state index contributed by atoms with van der Waals surface area (Å²) in [5.41, 5.74) is 2.38. The molecule has 2 aromatic rings. The first-order valence-corrected chi connectivity index (χ1v) is 11.9. The van der Waals surface area contributed by atoms with Crippen LogP contribution >= 0.6 is 0 Å². The Labute approximate surface area is 178 Å². The number of likely N-dealkylation sites (N-methyl/N-ethyl adjacent to an activating group) is 1. The van der Waals surface area contributed by atoms with E-state index in [1.54, 1.807) is 42.3 Å². The number of nitrogens with one attached hydrogen (secondary N) is 1. The SMILES string of the molecule is CC1CCN(c2ccc(NS(=O)(=O)c3ccc4c(c3)C(C)(C)C(=O)N4C)cc2)CC1. The number of anilines is 3. The van der Waals surface area contributed by atoms with E-state index in [9.17, 15) is 13.2 Å². The number of amides is 1. The van der Waals surface area contributed by atoms with Gasteiger partial charge in [-0.05, 0) is 80.6 Å². The lowest BCUT2D eigenvalue weighted by molar-refractivity contribution is -0.121. The number of fused-ring (bicyclic) bond motifs is 1. The summed E-state index contributed by atoms with van der Waals surface area (Å²) in [4.78, 5) is 16.6. The zero-order chi connectivity index (χ0) is 21.7. The van der Waals surface area contributed by atoms with Crippen LogP contribution in [0.25, 0.3) is 0 Å². The van der Waals surface area contributed by atoms with Crippen molar-refractivity contribution in [3.05, 3.63) is 48.0 Å². The molecule has 160 valence electrons. The molecule has 0 spiro atoms. The molecule has 0 aliphatic carbocycles. The van der Waals surface area contributed by atoms with E-state index in [0.717, 1.165) is 35.9 Å². The van der Waals surface area contributed by atoms with E-state index >= 15 is 0 Å². The molecule has 2 aromatic carbocycles. The van der Waals surface area contributed by atoms with Crippen LogP contribution in [0.5, 0.6) is 0 Å². The first-order chi connectivity index (χ1) is 14.1. The molecular formula is C23H29N3O3S. The lowest BCUT2D eigenvalue weighted by atomic mass is 9.86. The monoisotopic (exact) mass is 427 g/mol. The van der Waals surface area contributed by atoms with Crippen LogP contribution in [0, 0.1) is 5.92 Å². The van der Waals surface area contributed by atoms with Gasteiger partial charge in [-0.15, -0.1) is 0 Å². The van der Waals surface area contributed by atoms with Crippen LogP contribution < -0.4 is 14.5 Å². The lowest BCUT2D eigenvalue weighted by Crippen LogP contribution is -2.33. The van der Waals surface area contributed by atoms with Gasteiger partial charge < -0.3 is 9.80 Å². The van der Waals surface area contributed by atoms with E-state index < -0.39 is 15.4 Å². The van der Waals surface area contributed by atoms with Gasteiger partial charge in [-0.1, -0.05) is 6.92 Å². The fraction of sp³-hybridized carbons (Fsp3) is 0.435. The van der Waals surface area contributed by atoms with E-state index in [1.165, 1.54) is 12.8 Å². The van der Waals surface area contributed by atoms with Gasteiger partial charge in [0.25, 0.3) is 10.0 Å². The molecule has 2 heterocycles. The third kappa shape index (κ3) is 3.55. The van der Waals surface area contributed by atoms with Gasteiger partial charge in [0.15, 0.2) is 0 Å². The Morgan fingerprint density at radius 1 is 1.03 bits per heavy atom. The van der Waals surface area contributed by atoms with Crippen LogP contribution in [-0.2, 0) is 20.2 Å². The predicted octanol–water partition coefficient (Wildman–Crippen LogP) is 3.98. The van der Waals surface area contributed by atoms with E-state index in [2.05, 4.69) is 16.5 Å². The zero-order valence-corrected chi connectivity index (χ0v) is 18.8. The van der Waals surface area contributed by atoms with Crippen molar-refractivity contribution >= 4 is 33.0 Å². The van der Waals surface area contributed by atoms with Crippen molar-refractivity contribution in [2.45, 2.75) is 43.9 Å². The second-order valence-corrected chi connectivity index (χ2v) is 10.7. The Balaban J connectivity index is 1.54. The molecule has 0 aromatic heterocycles. The highest BCUT2D eigenvalue weighted by Gasteiger charge is 2.42. The number of rotatable bonds is 4. The molecule has 6 nitrogen and oxygen atoms in total. The first-order valence-electron chi connectivity index (χ1n) is 10.4. The summed E-state index contributed by atoms with van der Waals surface area (Å²) < 4.78 is 28.6. The molecular weight excluding hydrogens is 398 g/mol. The minimum Gasteiger partial charge on any atom is -0.372 e. The minimum absolute atomic E-state index is 0.0392. The van der Waals surface area contributed by atoms with Crippen LogP contribution in [0.3, 0.4) is 0 Å². The molecule has 2 aliphatic heterocycles. The maximum atomic E-state index is 13.0. The Kier molecular flexibility index (Phi) is 5.04. The largest absolute Gasteiger partial charge is 0.372 e. The van der Waals surface area contributed by atoms with Crippen LogP contribution in [0.1, 0.15) is 39.2 Å². The minimum atomic E-state index is -3.76. The van der Waals surface area contributed by atoms with Gasteiger partial charge in [-0.3, -0.25) is 9.52 Å². The third-order valence-corrected chi connectivity index (χ3v) is 7.80.